The average molecular weight is 182 g/mol. The number of nitrogens with one attached hydrogen (secondary N) is 1. The molecule has 2 rings (SSSR count). The highest BCUT2D eigenvalue weighted by atomic mass is 16.2. The Hall–Kier alpha value is -1.06. The quantitative estimate of drug-likeness (QED) is 0.592. The van der Waals surface area contributed by atoms with Crippen LogP contribution < -0.4 is 11.1 Å². The Balaban J connectivity index is 1.93. The van der Waals surface area contributed by atoms with Crippen molar-refractivity contribution in [2.24, 2.45) is 17.1 Å². The van der Waals surface area contributed by atoms with E-state index in [0.717, 1.165) is 6.42 Å². The standard InChI is InChI=1S/C9H14N2O2/c1-5-4-6(5)11-8(13)9(2-3-9)7(10)12/h5-6H,2-4H2,1H3,(H2,10,12)(H,11,13). The molecule has 0 heterocycles. The molecule has 2 fully saturated rings. The minimum atomic E-state index is -0.845. The van der Waals surface area contributed by atoms with Crippen molar-refractivity contribution < 1.29 is 9.59 Å². The molecule has 2 aliphatic rings. The van der Waals surface area contributed by atoms with Crippen molar-refractivity contribution in [1.29, 1.82) is 0 Å². The second kappa shape index (κ2) is 2.47. The maximum absolute atomic E-state index is 11.6. The van der Waals surface area contributed by atoms with Gasteiger partial charge in [-0.2, -0.15) is 0 Å². The van der Waals surface area contributed by atoms with Gasteiger partial charge >= 0.3 is 0 Å². The Morgan fingerprint density at radius 2 is 2.00 bits per heavy atom. The van der Waals surface area contributed by atoms with E-state index < -0.39 is 11.3 Å². The molecular weight excluding hydrogens is 168 g/mol. The summed E-state index contributed by atoms with van der Waals surface area (Å²) in [5.41, 5.74) is 4.32. The van der Waals surface area contributed by atoms with E-state index >= 15 is 0 Å². The molecule has 4 heteroatoms. The molecule has 2 saturated carbocycles. The molecule has 3 N–H and O–H groups in total. The molecule has 0 radical (unpaired) electrons. The van der Waals surface area contributed by atoms with Crippen molar-refractivity contribution in [1.82, 2.24) is 5.32 Å². The zero-order valence-corrected chi connectivity index (χ0v) is 7.67. The topological polar surface area (TPSA) is 72.2 Å². The van der Waals surface area contributed by atoms with Crippen LogP contribution in [0.4, 0.5) is 0 Å². The number of carbonyl (C=O) groups excluding carboxylic acids is 2. The molecule has 4 nitrogen and oxygen atoms in total. The first kappa shape index (κ1) is 8.53. The monoisotopic (exact) mass is 182 g/mol. The lowest BCUT2D eigenvalue weighted by atomic mass is 10.1. The molecule has 2 amide bonds. The predicted octanol–water partition coefficient (Wildman–Crippen LogP) is -0.224. The van der Waals surface area contributed by atoms with Crippen LogP contribution in [0.5, 0.6) is 0 Å². The predicted molar refractivity (Wildman–Crippen MR) is 46.6 cm³/mol. The summed E-state index contributed by atoms with van der Waals surface area (Å²) in [4.78, 5) is 22.5. The summed E-state index contributed by atoms with van der Waals surface area (Å²) < 4.78 is 0. The summed E-state index contributed by atoms with van der Waals surface area (Å²) in [5, 5.41) is 2.85. The summed E-state index contributed by atoms with van der Waals surface area (Å²) >= 11 is 0. The molecule has 0 aromatic heterocycles. The fourth-order valence-corrected chi connectivity index (χ4v) is 1.54. The lowest BCUT2D eigenvalue weighted by Crippen LogP contribution is -2.41. The van der Waals surface area contributed by atoms with Crippen LogP contribution in [0.15, 0.2) is 0 Å². The van der Waals surface area contributed by atoms with E-state index in [0.29, 0.717) is 18.8 Å². The summed E-state index contributed by atoms with van der Waals surface area (Å²) in [6.07, 6.45) is 2.27. The summed E-state index contributed by atoms with van der Waals surface area (Å²) in [6.45, 7) is 2.08. The minimum Gasteiger partial charge on any atom is -0.369 e. The molecule has 13 heavy (non-hydrogen) atoms. The van der Waals surface area contributed by atoms with E-state index in [1.165, 1.54) is 0 Å². The van der Waals surface area contributed by atoms with Gasteiger partial charge in [-0.25, -0.2) is 0 Å². The van der Waals surface area contributed by atoms with Gasteiger partial charge in [-0.3, -0.25) is 9.59 Å². The number of nitrogens with two attached hydrogens (primary N) is 1. The number of amides is 2. The highest BCUT2D eigenvalue weighted by Crippen LogP contribution is 2.46. The molecule has 2 aliphatic carbocycles. The van der Waals surface area contributed by atoms with Crippen molar-refractivity contribution in [2.45, 2.75) is 32.2 Å². The fraction of sp³-hybridized carbons (Fsp3) is 0.778. The van der Waals surface area contributed by atoms with Gasteiger partial charge in [0.15, 0.2) is 0 Å². The van der Waals surface area contributed by atoms with E-state index in [-0.39, 0.29) is 11.9 Å². The number of carbonyl (C=O) groups is 2. The van der Waals surface area contributed by atoms with Gasteiger partial charge in [-0.1, -0.05) is 6.92 Å². The van der Waals surface area contributed by atoms with Gasteiger partial charge in [0.25, 0.3) is 0 Å². The highest BCUT2D eigenvalue weighted by molar-refractivity contribution is 6.07. The largest absolute Gasteiger partial charge is 0.369 e. The summed E-state index contributed by atoms with van der Waals surface area (Å²) in [6, 6.07) is 0.282. The summed E-state index contributed by atoms with van der Waals surface area (Å²) in [7, 11) is 0. The Morgan fingerprint density at radius 1 is 1.46 bits per heavy atom. The van der Waals surface area contributed by atoms with Crippen molar-refractivity contribution in [3.05, 3.63) is 0 Å². The third-order valence-electron chi connectivity index (χ3n) is 3.08. The van der Waals surface area contributed by atoms with E-state index in [2.05, 4.69) is 12.2 Å². The average Bonchev–Trinajstić information content (AvgIpc) is 2.87. The minimum absolute atomic E-state index is 0.158. The number of hydrogen-bond acceptors (Lipinski definition) is 2. The highest BCUT2D eigenvalue weighted by Gasteiger charge is 2.56. The van der Waals surface area contributed by atoms with Crippen molar-refractivity contribution in [3.63, 3.8) is 0 Å². The van der Waals surface area contributed by atoms with Crippen LogP contribution in [0.1, 0.15) is 26.2 Å². The van der Waals surface area contributed by atoms with Crippen LogP contribution in [0, 0.1) is 11.3 Å². The first-order chi connectivity index (χ1) is 6.06. The van der Waals surface area contributed by atoms with Crippen LogP contribution in [0.3, 0.4) is 0 Å². The van der Waals surface area contributed by atoms with Crippen LogP contribution in [0.2, 0.25) is 0 Å². The third-order valence-corrected chi connectivity index (χ3v) is 3.08. The molecule has 72 valence electrons. The van der Waals surface area contributed by atoms with Crippen LogP contribution in [-0.2, 0) is 9.59 Å². The summed E-state index contributed by atoms with van der Waals surface area (Å²) in [5.74, 6) is -0.0692. The SMILES string of the molecule is CC1CC1NC(=O)C1(C(N)=O)CC1. The first-order valence-corrected chi connectivity index (χ1v) is 4.67. The molecule has 0 saturated heterocycles. The smallest absolute Gasteiger partial charge is 0.235 e. The molecule has 2 unspecified atom stereocenters. The van der Waals surface area contributed by atoms with Crippen molar-refractivity contribution in [2.75, 3.05) is 0 Å². The zero-order chi connectivity index (χ0) is 9.64. The molecule has 0 bridgehead atoms. The van der Waals surface area contributed by atoms with E-state index in [4.69, 9.17) is 5.73 Å². The Kier molecular flexibility index (Phi) is 1.62. The van der Waals surface area contributed by atoms with Gasteiger partial charge < -0.3 is 11.1 Å². The number of hydrogen-bond donors (Lipinski definition) is 2. The van der Waals surface area contributed by atoms with Gasteiger partial charge in [0.2, 0.25) is 11.8 Å². The van der Waals surface area contributed by atoms with Gasteiger partial charge in [0, 0.05) is 6.04 Å². The van der Waals surface area contributed by atoms with Gasteiger partial charge in [0.05, 0.1) is 0 Å². The lowest BCUT2D eigenvalue weighted by Gasteiger charge is -2.10. The molecule has 0 spiro atoms. The van der Waals surface area contributed by atoms with Crippen molar-refractivity contribution in [3.8, 4) is 0 Å². The number of primary amides is 1. The maximum atomic E-state index is 11.6. The molecular formula is C9H14N2O2. The van der Waals surface area contributed by atoms with Gasteiger partial charge in [0.1, 0.15) is 5.41 Å². The number of rotatable bonds is 3. The third kappa shape index (κ3) is 1.30. The van der Waals surface area contributed by atoms with E-state index in [9.17, 15) is 9.59 Å². The second-order valence-corrected chi connectivity index (χ2v) is 4.24. The van der Waals surface area contributed by atoms with Crippen molar-refractivity contribution >= 4 is 11.8 Å². The Bertz CT molecular complexity index is 271. The lowest BCUT2D eigenvalue weighted by molar-refractivity contribution is -0.135. The molecule has 2 atom stereocenters. The Labute approximate surface area is 76.9 Å². The maximum Gasteiger partial charge on any atom is 0.235 e. The molecule has 0 aliphatic heterocycles. The fourth-order valence-electron chi connectivity index (χ4n) is 1.54. The second-order valence-electron chi connectivity index (χ2n) is 4.24. The molecule has 0 aromatic rings. The van der Waals surface area contributed by atoms with E-state index in [1.807, 2.05) is 0 Å². The molecule has 0 aromatic carbocycles. The van der Waals surface area contributed by atoms with Gasteiger partial charge in [-0.05, 0) is 25.2 Å². The van der Waals surface area contributed by atoms with Crippen LogP contribution in [-0.4, -0.2) is 17.9 Å². The van der Waals surface area contributed by atoms with Crippen LogP contribution in [0.25, 0.3) is 0 Å². The zero-order valence-electron chi connectivity index (χ0n) is 7.67. The van der Waals surface area contributed by atoms with E-state index in [1.54, 1.807) is 0 Å². The first-order valence-electron chi connectivity index (χ1n) is 4.67. The van der Waals surface area contributed by atoms with Crippen LogP contribution >= 0.6 is 0 Å². The normalized spacial score (nSPS) is 33.6. The van der Waals surface area contributed by atoms with Gasteiger partial charge in [-0.15, -0.1) is 0 Å². The Morgan fingerprint density at radius 3 is 2.31 bits per heavy atom.